The van der Waals surface area contributed by atoms with Gasteiger partial charge < -0.3 is 14.6 Å². The first kappa shape index (κ1) is 20.3. The van der Waals surface area contributed by atoms with Crippen LogP contribution < -0.4 is 5.32 Å². The van der Waals surface area contributed by atoms with Crippen LogP contribution in [0.5, 0.6) is 0 Å². The first-order valence-electron chi connectivity index (χ1n) is 9.96. The Hall–Kier alpha value is -2.40. The van der Waals surface area contributed by atoms with Gasteiger partial charge in [-0.15, -0.1) is 0 Å². The van der Waals surface area contributed by atoms with E-state index in [9.17, 15) is 0 Å². The Bertz CT molecular complexity index is 1000. The molecular weight excluding hydrogens is 348 g/mol. The first-order chi connectivity index (χ1) is 13.3. The van der Waals surface area contributed by atoms with Gasteiger partial charge in [-0.25, -0.2) is 9.97 Å². The second kappa shape index (κ2) is 7.92. The number of rotatable bonds is 6. The number of ether oxygens (including phenoxy) is 1. The second-order valence-corrected chi connectivity index (χ2v) is 7.97. The molecule has 1 N–H and O–H groups in total. The minimum atomic E-state index is 0.256. The van der Waals surface area contributed by atoms with Crippen LogP contribution in [0.2, 0.25) is 0 Å². The fourth-order valence-corrected chi connectivity index (χ4v) is 3.82. The molecule has 0 amide bonds. The summed E-state index contributed by atoms with van der Waals surface area (Å²) >= 11 is 0. The van der Waals surface area contributed by atoms with E-state index in [0.717, 1.165) is 28.3 Å². The lowest BCUT2D eigenvalue weighted by molar-refractivity contribution is 0.164. The third-order valence-electron chi connectivity index (χ3n) is 5.57. The van der Waals surface area contributed by atoms with Crippen LogP contribution in [0.25, 0.3) is 22.3 Å². The maximum Gasteiger partial charge on any atom is 0.135 e. The molecule has 3 rings (SSSR count). The summed E-state index contributed by atoms with van der Waals surface area (Å²) in [6.07, 6.45) is 2.19. The van der Waals surface area contributed by atoms with Crippen molar-refractivity contribution in [3.05, 3.63) is 40.7 Å². The third kappa shape index (κ3) is 3.39. The fraction of sp³-hybridized carbons (Fsp3) is 0.478. The zero-order chi connectivity index (χ0) is 20.6. The summed E-state index contributed by atoms with van der Waals surface area (Å²) in [4.78, 5) is 9.94. The molecule has 0 fully saturated rings. The van der Waals surface area contributed by atoms with E-state index in [2.05, 4.69) is 69.8 Å². The highest BCUT2D eigenvalue weighted by Gasteiger charge is 2.20. The van der Waals surface area contributed by atoms with E-state index in [1.807, 2.05) is 7.05 Å². The predicted octanol–water partition coefficient (Wildman–Crippen LogP) is 5.40. The van der Waals surface area contributed by atoms with Gasteiger partial charge in [0.15, 0.2) is 0 Å². The molecular formula is C23H32N4O. The highest BCUT2D eigenvalue weighted by atomic mass is 16.5. The van der Waals surface area contributed by atoms with E-state index in [1.165, 1.54) is 22.2 Å². The molecule has 0 aliphatic rings. The largest absolute Gasteiger partial charge is 0.383 e. The molecule has 0 aliphatic heterocycles. The Morgan fingerprint density at radius 2 is 1.79 bits per heavy atom. The molecule has 150 valence electrons. The fourth-order valence-electron chi connectivity index (χ4n) is 3.82. The quantitative estimate of drug-likeness (QED) is 0.622. The van der Waals surface area contributed by atoms with Gasteiger partial charge in [-0.05, 0) is 62.4 Å². The highest BCUT2D eigenvalue weighted by Crippen LogP contribution is 2.35. The smallest absolute Gasteiger partial charge is 0.135 e. The Morgan fingerprint density at radius 3 is 2.39 bits per heavy atom. The molecule has 0 bridgehead atoms. The van der Waals surface area contributed by atoms with Gasteiger partial charge >= 0.3 is 0 Å². The number of hydrogen-bond acceptors (Lipinski definition) is 4. The number of aromatic nitrogens is 3. The maximum absolute atomic E-state index is 5.38. The van der Waals surface area contributed by atoms with Gasteiger partial charge in [-0.1, -0.05) is 13.8 Å². The van der Waals surface area contributed by atoms with Crippen LogP contribution in [0.15, 0.2) is 18.3 Å². The van der Waals surface area contributed by atoms with Crippen molar-refractivity contribution in [2.45, 2.75) is 53.5 Å². The van der Waals surface area contributed by atoms with Crippen molar-refractivity contribution < 1.29 is 4.74 Å². The molecule has 0 saturated heterocycles. The Balaban J connectivity index is 2.25. The molecule has 28 heavy (non-hydrogen) atoms. The molecule has 5 heteroatoms. The molecule has 0 spiro atoms. The van der Waals surface area contributed by atoms with Gasteiger partial charge in [0.05, 0.1) is 29.4 Å². The molecule has 5 nitrogen and oxygen atoms in total. The van der Waals surface area contributed by atoms with Gasteiger partial charge in [0, 0.05) is 31.6 Å². The van der Waals surface area contributed by atoms with Crippen molar-refractivity contribution in [1.29, 1.82) is 0 Å². The van der Waals surface area contributed by atoms with Gasteiger partial charge in [-0.3, -0.25) is 0 Å². The number of fused-ring (bicyclic) bond motifs is 1. The summed E-state index contributed by atoms with van der Waals surface area (Å²) in [5.74, 6) is 1.27. The van der Waals surface area contributed by atoms with Crippen LogP contribution in [0.3, 0.4) is 0 Å². The standard InChI is InChI=1S/C23H32N4O/c1-13(2)19-10-9-18(23(24-7)25-19)21-16(5)17(6)22-20(26-21)14(3)11-27(22)15(4)12-28-8/h9-11,13,15H,12H2,1-8H3,(H,24,25). The van der Waals surface area contributed by atoms with Crippen molar-refractivity contribution in [3.63, 3.8) is 0 Å². The minimum absolute atomic E-state index is 0.256. The van der Waals surface area contributed by atoms with Gasteiger partial charge in [0.2, 0.25) is 0 Å². The lowest BCUT2D eigenvalue weighted by Gasteiger charge is -2.18. The second-order valence-electron chi connectivity index (χ2n) is 7.97. The Kier molecular flexibility index (Phi) is 5.75. The predicted molar refractivity (Wildman–Crippen MR) is 117 cm³/mol. The van der Waals surface area contributed by atoms with Crippen LogP contribution in [-0.4, -0.2) is 35.3 Å². The normalized spacial score (nSPS) is 12.8. The molecule has 1 unspecified atom stereocenters. The molecule has 0 aliphatic carbocycles. The van der Waals surface area contributed by atoms with Crippen LogP contribution in [-0.2, 0) is 4.74 Å². The van der Waals surface area contributed by atoms with E-state index in [4.69, 9.17) is 14.7 Å². The van der Waals surface area contributed by atoms with Crippen molar-refractivity contribution in [3.8, 4) is 11.3 Å². The van der Waals surface area contributed by atoms with Crippen molar-refractivity contribution in [2.24, 2.45) is 0 Å². The Labute approximate surface area is 168 Å². The molecule has 0 saturated carbocycles. The number of anilines is 1. The number of methoxy groups -OCH3 is 1. The number of hydrogen-bond donors (Lipinski definition) is 1. The van der Waals surface area contributed by atoms with Gasteiger partial charge in [-0.2, -0.15) is 0 Å². The van der Waals surface area contributed by atoms with Crippen LogP contribution in [0.4, 0.5) is 5.82 Å². The molecule has 3 heterocycles. The zero-order valence-electron chi connectivity index (χ0n) is 18.3. The molecule has 0 radical (unpaired) electrons. The summed E-state index contributed by atoms with van der Waals surface area (Å²) in [6, 6.07) is 4.52. The lowest BCUT2D eigenvalue weighted by atomic mass is 10.00. The molecule has 0 aromatic carbocycles. The van der Waals surface area contributed by atoms with Crippen molar-refractivity contribution in [2.75, 3.05) is 26.1 Å². The first-order valence-corrected chi connectivity index (χ1v) is 9.96. The van der Waals surface area contributed by atoms with E-state index >= 15 is 0 Å². The third-order valence-corrected chi connectivity index (χ3v) is 5.57. The van der Waals surface area contributed by atoms with Crippen LogP contribution >= 0.6 is 0 Å². The topological polar surface area (TPSA) is 52.0 Å². The summed E-state index contributed by atoms with van der Waals surface area (Å²) in [6.45, 7) is 13.6. The highest BCUT2D eigenvalue weighted by molar-refractivity contribution is 5.89. The van der Waals surface area contributed by atoms with Crippen LogP contribution in [0.1, 0.15) is 55.1 Å². The van der Waals surface area contributed by atoms with Crippen molar-refractivity contribution >= 4 is 16.9 Å². The average Bonchev–Trinajstić information content (AvgIpc) is 3.01. The lowest BCUT2D eigenvalue weighted by Crippen LogP contribution is -2.11. The van der Waals surface area contributed by atoms with Gasteiger partial charge in [0.25, 0.3) is 0 Å². The monoisotopic (exact) mass is 380 g/mol. The number of nitrogens with one attached hydrogen (secondary N) is 1. The van der Waals surface area contributed by atoms with E-state index in [1.54, 1.807) is 7.11 Å². The van der Waals surface area contributed by atoms with Crippen LogP contribution in [0, 0.1) is 20.8 Å². The maximum atomic E-state index is 5.38. The summed E-state index contributed by atoms with van der Waals surface area (Å²) < 4.78 is 7.68. The van der Waals surface area contributed by atoms with E-state index in [-0.39, 0.29) is 6.04 Å². The number of pyridine rings is 2. The number of aryl methyl sites for hydroxylation is 2. The summed E-state index contributed by atoms with van der Waals surface area (Å²) in [7, 11) is 3.67. The molecule has 3 aromatic rings. The number of nitrogens with zero attached hydrogens (tertiary/aromatic N) is 3. The Morgan fingerprint density at radius 1 is 1.07 bits per heavy atom. The minimum Gasteiger partial charge on any atom is -0.383 e. The van der Waals surface area contributed by atoms with E-state index < -0.39 is 0 Å². The zero-order valence-corrected chi connectivity index (χ0v) is 18.3. The summed E-state index contributed by atoms with van der Waals surface area (Å²) in [5, 5.41) is 3.27. The summed E-state index contributed by atoms with van der Waals surface area (Å²) in [5.41, 5.74) is 9.00. The average molecular weight is 381 g/mol. The SMILES string of the molecule is CNc1nc(C(C)C)ccc1-c1nc2c(C)cn(C(C)COC)c2c(C)c1C. The molecule has 3 aromatic heterocycles. The molecule has 1 atom stereocenters. The van der Waals surface area contributed by atoms with E-state index in [0.29, 0.717) is 12.5 Å². The van der Waals surface area contributed by atoms with Crippen molar-refractivity contribution in [1.82, 2.24) is 14.5 Å². The van der Waals surface area contributed by atoms with Gasteiger partial charge in [0.1, 0.15) is 5.82 Å².